The van der Waals surface area contributed by atoms with Crippen LogP contribution in [0.5, 0.6) is 5.75 Å². The molecule has 0 spiro atoms. The molecule has 2 aromatic rings. The lowest BCUT2D eigenvalue weighted by Crippen LogP contribution is -1.98. The van der Waals surface area contributed by atoms with Crippen LogP contribution in [-0.4, -0.2) is 5.02 Å². The summed E-state index contributed by atoms with van der Waals surface area (Å²) in [4.78, 5) is 0. The molecule has 0 aliphatic rings. The van der Waals surface area contributed by atoms with E-state index in [1.54, 1.807) is 11.3 Å². The Labute approximate surface area is 89.8 Å². The summed E-state index contributed by atoms with van der Waals surface area (Å²) in [6, 6.07) is 7.82. The van der Waals surface area contributed by atoms with Crippen molar-refractivity contribution in [2.75, 3.05) is 0 Å². The summed E-state index contributed by atoms with van der Waals surface area (Å²) in [6.45, 7) is 0. The Morgan fingerprint density at radius 1 is 1.23 bits per heavy atom. The molecule has 0 aliphatic carbocycles. The summed E-state index contributed by atoms with van der Waals surface area (Å²) < 4.78 is 6.30. The van der Waals surface area contributed by atoms with Crippen LogP contribution < -0.4 is 4.74 Å². The standard InChI is InChI=1S/C9H6Cl2OS/c10-9(11)12-7-2-1-6-3-4-13-8(6)5-7/h1-5,9H. The number of halogens is 2. The topological polar surface area (TPSA) is 9.23 Å². The summed E-state index contributed by atoms with van der Waals surface area (Å²) in [5.74, 6) is 0.699. The van der Waals surface area contributed by atoms with E-state index >= 15 is 0 Å². The van der Waals surface area contributed by atoms with E-state index in [0.717, 1.165) is 0 Å². The maximum atomic E-state index is 5.48. The van der Waals surface area contributed by atoms with E-state index in [1.807, 2.05) is 23.6 Å². The van der Waals surface area contributed by atoms with Gasteiger partial charge in [0.15, 0.2) is 0 Å². The third-order valence-electron chi connectivity index (χ3n) is 1.65. The molecule has 1 nitrogen and oxygen atoms in total. The Morgan fingerprint density at radius 3 is 2.85 bits per heavy atom. The van der Waals surface area contributed by atoms with Gasteiger partial charge in [-0.2, -0.15) is 0 Å². The Morgan fingerprint density at radius 2 is 2.08 bits per heavy atom. The Kier molecular flexibility index (Phi) is 2.63. The number of fused-ring (bicyclic) bond motifs is 1. The molecule has 0 aliphatic heterocycles. The molecule has 1 heterocycles. The first-order chi connectivity index (χ1) is 6.25. The number of benzene rings is 1. The van der Waals surface area contributed by atoms with Gasteiger partial charge in [-0.1, -0.05) is 23.2 Å². The van der Waals surface area contributed by atoms with Crippen LogP contribution >= 0.6 is 34.5 Å². The predicted octanol–water partition coefficient (Wildman–Crippen LogP) is 4.04. The molecule has 0 atom stereocenters. The van der Waals surface area contributed by atoms with Gasteiger partial charge in [0.25, 0.3) is 0 Å². The molecule has 0 amide bonds. The van der Waals surface area contributed by atoms with Crippen molar-refractivity contribution in [3.8, 4) is 5.75 Å². The van der Waals surface area contributed by atoms with E-state index in [2.05, 4.69) is 6.07 Å². The molecule has 0 unspecified atom stereocenters. The third-order valence-corrected chi connectivity index (χ3v) is 2.71. The molecular weight excluding hydrogens is 227 g/mol. The second kappa shape index (κ2) is 3.74. The molecule has 0 bridgehead atoms. The first-order valence-electron chi connectivity index (χ1n) is 3.68. The molecule has 13 heavy (non-hydrogen) atoms. The van der Waals surface area contributed by atoms with Crippen LogP contribution in [0.3, 0.4) is 0 Å². The minimum Gasteiger partial charge on any atom is -0.461 e. The molecule has 1 aromatic carbocycles. The molecule has 0 saturated heterocycles. The van der Waals surface area contributed by atoms with Crippen LogP contribution in [-0.2, 0) is 0 Å². The van der Waals surface area contributed by atoms with Crippen molar-refractivity contribution in [3.05, 3.63) is 29.6 Å². The van der Waals surface area contributed by atoms with Crippen molar-refractivity contribution >= 4 is 44.6 Å². The summed E-state index contributed by atoms with van der Waals surface area (Å²) >= 11 is 12.6. The number of alkyl halides is 2. The van der Waals surface area contributed by atoms with Gasteiger partial charge in [0, 0.05) is 4.70 Å². The number of rotatable bonds is 2. The van der Waals surface area contributed by atoms with Crippen molar-refractivity contribution in [3.63, 3.8) is 0 Å². The van der Waals surface area contributed by atoms with E-state index < -0.39 is 5.02 Å². The van der Waals surface area contributed by atoms with Crippen molar-refractivity contribution in [2.24, 2.45) is 0 Å². The average molecular weight is 233 g/mol. The molecule has 0 radical (unpaired) electrons. The molecule has 68 valence electrons. The zero-order valence-electron chi connectivity index (χ0n) is 6.54. The highest BCUT2D eigenvalue weighted by Gasteiger charge is 2.02. The first-order valence-corrected chi connectivity index (χ1v) is 5.43. The minimum absolute atomic E-state index is 0.699. The van der Waals surface area contributed by atoms with Crippen LogP contribution in [0.4, 0.5) is 0 Å². The number of ether oxygens (including phenoxy) is 1. The van der Waals surface area contributed by atoms with Crippen molar-refractivity contribution in [1.29, 1.82) is 0 Å². The van der Waals surface area contributed by atoms with Crippen LogP contribution in [0.2, 0.25) is 0 Å². The first kappa shape index (κ1) is 9.13. The molecular formula is C9H6Cl2OS. The normalized spacial score (nSPS) is 11.0. The maximum Gasteiger partial charge on any atom is 0.247 e. The summed E-state index contributed by atoms with van der Waals surface area (Å²) in [7, 11) is 0. The maximum absolute atomic E-state index is 5.48. The van der Waals surface area contributed by atoms with Crippen molar-refractivity contribution < 1.29 is 4.74 Å². The van der Waals surface area contributed by atoms with Gasteiger partial charge in [-0.15, -0.1) is 11.3 Å². The third kappa shape index (κ3) is 2.08. The van der Waals surface area contributed by atoms with Crippen molar-refractivity contribution in [2.45, 2.75) is 5.02 Å². The second-order valence-corrected chi connectivity index (χ2v) is 4.46. The lowest BCUT2D eigenvalue weighted by atomic mass is 10.2. The Hall–Kier alpha value is -0.440. The van der Waals surface area contributed by atoms with Gasteiger partial charge in [-0.3, -0.25) is 0 Å². The number of thiophene rings is 1. The zero-order valence-corrected chi connectivity index (χ0v) is 8.86. The predicted molar refractivity (Wildman–Crippen MR) is 57.9 cm³/mol. The lowest BCUT2D eigenvalue weighted by Gasteiger charge is -2.05. The van der Waals surface area contributed by atoms with E-state index in [9.17, 15) is 0 Å². The van der Waals surface area contributed by atoms with E-state index in [1.165, 1.54) is 10.1 Å². The van der Waals surface area contributed by atoms with Gasteiger partial charge in [0.1, 0.15) is 5.75 Å². The fraction of sp³-hybridized carbons (Fsp3) is 0.111. The second-order valence-electron chi connectivity index (χ2n) is 2.50. The van der Waals surface area contributed by atoms with E-state index in [4.69, 9.17) is 27.9 Å². The number of hydrogen-bond donors (Lipinski definition) is 0. The largest absolute Gasteiger partial charge is 0.461 e. The highest BCUT2D eigenvalue weighted by molar-refractivity contribution is 7.17. The molecule has 4 heteroatoms. The average Bonchev–Trinajstić information content (AvgIpc) is 2.49. The van der Waals surface area contributed by atoms with Crippen molar-refractivity contribution in [1.82, 2.24) is 0 Å². The Balaban J connectivity index is 2.37. The van der Waals surface area contributed by atoms with E-state index in [0.29, 0.717) is 5.75 Å². The number of hydrogen-bond acceptors (Lipinski definition) is 2. The van der Waals surface area contributed by atoms with Crippen LogP contribution in [0.1, 0.15) is 0 Å². The van der Waals surface area contributed by atoms with Gasteiger partial charge in [0.2, 0.25) is 5.02 Å². The summed E-state index contributed by atoms with van der Waals surface area (Å²) in [5.41, 5.74) is 0. The smallest absolute Gasteiger partial charge is 0.247 e. The van der Waals surface area contributed by atoms with Gasteiger partial charge in [-0.05, 0) is 35.0 Å². The summed E-state index contributed by atoms with van der Waals surface area (Å²) in [6.07, 6.45) is 0. The molecule has 1 aromatic heterocycles. The highest BCUT2D eigenvalue weighted by Crippen LogP contribution is 2.26. The fourth-order valence-electron chi connectivity index (χ4n) is 1.11. The minimum atomic E-state index is -0.808. The highest BCUT2D eigenvalue weighted by atomic mass is 35.5. The monoisotopic (exact) mass is 232 g/mol. The van der Waals surface area contributed by atoms with Crippen LogP contribution in [0.25, 0.3) is 10.1 Å². The van der Waals surface area contributed by atoms with Gasteiger partial charge in [0.05, 0.1) is 0 Å². The molecule has 0 N–H and O–H groups in total. The van der Waals surface area contributed by atoms with Gasteiger partial charge >= 0.3 is 0 Å². The van der Waals surface area contributed by atoms with Gasteiger partial charge < -0.3 is 4.74 Å². The zero-order chi connectivity index (χ0) is 9.26. The van der Waals surface area contributed by atoms with Crippen LogP contribution in [0.15, 0.2) is 29.6 Å². The quantitative estimate of drug-likeness (QED) is 0.711. The van der Waals surface area contributed by atoms with Crippen LogP contribution in [0, 0.1) is 0 Å². The van der Waals surface area contributed by atoms with E-state index in [-0.39, 0.29) is 0 Å². The molecule has 0 saturated carbocycles. The Bertz CT molecular complexity index is 411. The SMILES string of the molecule is ClC(Cl)Oc1ccc2ccsc2c1. The molecule has 2 rings (SSSR count). The molecule has 0 fully saturated rings. The fourth-order valence-corrected chi connectivity index (χ4v) is 2.13. The van der Waals surface area contributed by atoms with Gasteiger partial charge in [-0.25, -0.2) is 0 Å². The lowest BCUT2D eigenvalue weighted by molar-refractivity contribution is 0.355. The summed E-state index contributed by atoms with van der Waals surface area (Å²) in [5, 5.41) is 2.43.